The number of hydrogen-bond acceptors (Lipinski definition) is 4. The molecule has 0 aliphatic carbocycles. The molecule has 0 bridgehead atoms. The van der Waals surface area contributed by atoms with Crippen LogP contribution in [-0.4, -0.2) is 16.8 Å². The van der Waals surface area contributed by atoms with Crippen LogP contribution in [0.1, 0.15) is 23.6 Å². The number of rotatable bonds is 7. The molecule has 2 aromatic rings. The molecule has 0 fully saturated rings. The van der Waals surface area contributed by atoms with Crippen molar-refractivity contribution in [1.29, 1.82) is 0 Å². The first-order valence-electron chi connectivity index (χ1n) is 7.07. The van der Waals surface area contributed by atoms with Gasteiger partial charge < -0.3 is 20.3 Å². The van der Waals surface area contributed by atoms with E-state index in [0.29, 0.717) is 25.4 Å². The number of aliphatic hydroxyl groups is 1. The summed E-state index contributed by atoms with van der Waals surface area (Å²) in [5.74, 6) is 0.714. The topological polar surface area (TPSA) is 61.7 Å². The minimum atomic E-state index is 0.0613. The van der Waals surface area contributed by atoms with Crippen LogP contribution in [0.5, 0.6) is 11.5 Å². The van der Waals surface area contributed by atoms with Crippen molar-refractivity contribution in [2.75, 3.05) is 6.61 Å². The molecule has 0 spiro atoms. The van der Waals surface area contributed by atoms with Gasteiger partial charge in [-0.1, -0.05) is 36.4 Å². The van der Waals surface area contributed by atoms with E-state index < -0.39 is 0 Å². The van der Waals surface area contributed by atoms with Gasteiger partial charge in [-0.3, -0.25) is 0 Å². The molecule has 2 aromatic carbocycles. The molecule has 0 saturated carbocycles. The normalized spacial score (nSPS) is 10.6. The van der Waals surface area contributed by atoms with Crippen LogP contribution < -0.4 is 10.1 Å². The third-order valence-corrected chi connectivity index (χ3v) is 3.23. The van der Waals surface area contributed by atoms with Gasteiger partial charge in [0, 0.05) is 18.7 Å². The molecule has 0 aliphatic heterocycles. The van der Waals surface area contributed by atoms with E-state index in [2.05, 4.69) is 5.32 Å². The van der Waals surface area contributed by atoms with Crippen LogP contribution in [-0.2, 0) is 19.7 Å². The molecular weight excluding hydrogens is 266 g/mol. The standard InChI is InChI=1S/C17H21NO3/c1-2-21-16-5-3-4-15(17(16)20)11-18-10-13-6-8-14(12-19)9-7-13/h3-9,18-20H,2,10-12H2,1H3. The van der Waals surface area contributed by atoms with Crippen LogP contribution in [0, 0.1) is 0 Å². The predicted octanol–water partition coefficient (Wildman–Crippen LogP) is 2.57. The molecule has 0 saturated heterocycles. The molecule has 0 aromatic heterocycles. The van der Waals surface area contributed by atoms with Crippen LogP contribution in [0.15, 0.2) is 42.5 Å². The monoisotopic (exact) mass is 287 g/mol. The van der Waals surface area contributed by atoms with E-state index in [-0.39, 0.29) is 12.4 Å². The van der Waals surface area contributed by atoms with E-state index in [0.717, 1.165) is 16.7 Å². The maximum atomic E-state index is 10.1. The molecule has 0 heterocycles. The van der Waals surface area contributed by atoms with Crippen molar-refractivity contribution in [2.24, 2.45) is 0 Å². The second-order valence-electron chi connectivity index (χ2n) is 4.78. The quantitative estimate of drug-likeness (QED) is 0.732. The molecule has 0 atom stereocenters. The van der Waals surface area contributed by atoms with Gasteiger partial charge in [0.2, 0.25) is 0 Å². The van der Waals surface area contributed by atoms with Gasteiger partial charge in [0.15, 0.2) is 11.5 Å². The average Bonchev–Trinajstić information content (AvgIpc) is 2.52. The highest BCUT2D eigenvalue weighted by molar-refractivity contribution is 5.45. The number of nitrogens with one attached hydrogen (secondary N) is 1. The molecular formula is C17H21NO3. The van der Waals surface area contributed by atoms with E-state index in [1.807, 2.05) is 43.3 Å². The van der Waals surface area contributed by atoms with E-state index in [1.54, 1.807) is 6.07 Å². The SMILES string of the molecule is CCOc1cccc(CNCc2ccc(CO)cc2)c1O. The van der Waals surface area contributed by atoms with E-state index in [1.165, 1.54) is 0 Å². The fraction of sp³-hybridized carbons (Fsp3) is 0.294. The number of aliphatic hydroxyl groups excluding tert-OH is 1. The van der Waals surface area contributed by atoms with Crippen molar-refractivity contribution in [3.8, 4) is 11.5 Å². The zero-order chi connectivity index (χ0) is 15.1. The second kappa shape index (κ2) is 7.67. The smallest absolute Gasteiger partial charge is 0.162 e. The Labute approximate surface area is 125 Å². The fourth-order valence-electron chi connectivity index (χ4n) is 2.09. The van der Waals surface area contributed by atoms with Crippen LogP contribution >= 0.6 is 0 Å². The van der Waals surface area contributed by atoms with Gasteiger partial charge in [-0.25, -0.2) is 0 Å². The molecule has 2 rings (SSSR count). The van der Waals surface area contributed by atoms with Gasteiger partial charge in [0.25, 0.3) is 0 Å². The van der Waals surface area contributed by atoms with Gasteiger partial charge >= 0.3 is 0 Å². The van der Waals surface area contributed by atoms with Crippen molar-refractivity contribution >= 4 is 0 Å². The van der Waals surface area contributed by atoms with E-state index >= 15 is 0 Å². The summed E-state index contributed by atoms with van der Waals surface area (Å²) in [6, 6.07) is 13.3. The lowest BCUT2D eigenvalue weighted by Crippen LogP contribution is -2.13. The summed E-state index contributed by atoms with van der Waals surface area (Å²) in [4.78, 5) is 0. The Balaban J connectivity index is 1.92. The van der Waals surface area contributed by atoms with E-state index in [4.69, 9.17) is 9.84 Å². The number of phenols is 1. The zero-order valence-corrected chi connectivity index (χ0v) is 12.2. The van der Waals surface area contributed by atoms with Gasteiger partial charge in [-0.05, 0) is 24.1 Å². The Kier molecular flexibility index (Phi) is 5.60. The number of hydrogen-bond donors (Lipinski definition) is 3. The van der Waals surface area contributed by atoms with Crippen LogP contribution in [0.3, 0.4) is 0 Å². The highest BCUT2D eigenvalue weighted by Gasteiger charge is 2.07. The molecule has 0 radical (unpaired) electrons. The summed E-state index contributed by atoms with van der Waals surface area (Å²) in [6.07, 6.45) is 0. The first-order valence-corrected chi connectivity index (χ1v) is 7.07. The van der Waals surface area contributed by atoms with Crippen LogP contribution in [0.2, 0.25) is 0 Å². The fourth-order valence-corrected chi connectivity index (χ4v) is 2.09. The maximum absolute atomic E-state index is 10.1. The van der Waals surface area contributed by atoms with Crippen molar-refractivity contribution in [3.63, 3.8) is 0 Å². The second-order valence-corrected chi connectivity index (χ2v) is 4.78. The van der Waals surface area contributed by atoms with Crippen molar-refractivity contribution in [1.82, 2.24) is 5.32 Å². The Hall–Kier alpha value is -2.04. The van der Waals surface area contributed by atoms with Crippen molar-refractivity contribution in [3.05, 3.63) is 59.2 Å². The molecule has 3 N–H and O–H groups in total. The number of benzene rings is 2. The predicted molar refractivity (Wildman–Crippen MR) is 82.2 cm³/mol. The zero-order valence-electron chi connectivity index (χ0n) is 12.2. The van der Waals surface area contributed by atoms with Crippen LogP contribution in [0.4, 0.5) is 0 Å². The highest BCUT2D eigenvalue weighted by Crippen LogP contribution is 2.29. The number of para-hydroxylation sites is 1. The van der Waals surface area contributed by atoms with E-state index in [9.17, 15) is 5.11 Å². The summed E-state index contributed by atoms with van der Waals surface area (Å²) >= 11 is 0. The third kappa shape index (κ3) is 4.21. The first kappa shape index (κ1) is 15.4. The average molecular weight is 287 g/mol. The molecule has 0 aliphatic rings. The highest BCUT2D eigenvalue weighted by atomic mass is 16.5. The summed E-state index contributed by atoms with van der Waals surface area (Å²) in [5.41, 5.74) is 2.85. The third-order valence-electron chi connectivity index (χ3n) is 3.23. The largest absolute Gasteiger partial charge is 0.504 e. The molecule has 0 unspecified atom stereocenters. The number of ether oxygens (including phenoxy) is 1. The summed E-state index contributed by atoms with van der Waals surface area (Å²) in [5, 5.41) is 22.4. The number of phenolic OH excluding ortho intramolecular Hbond substituents is 1. The molecule has 21 heavy (non-hydrogen) atoms. The van der Waals surface area contributed by atoms with Gasteiger partial charge in [0.05, 0.1) is 13.2 Å². The van der Waals surface area contributed by atoms with Crippen LogP contribution in [0.25, 0.3) is 0 Å². The van der Waals surface area contributed by atoms with Crippen molar-refractivity contribution < 1.29 is 14.9 Å². The Morgan fingerprint density at radius 3 is 2.38 bits per heavy atom. The summed E-state index contributed by atoms with van der Waals surface area (Å²) in [6.45, 7) is 3.74. The Morgan fingerprint density at radius 1 is 1.00 bits per heavy atom. The van der Waals surface area contributed by atoms with Gasteiger partial charge in [-0.15, -0.1) is 0 Å². The molecule has 0 amide bonds. The van der Waals surface area contributed by atoms with Gasteiger partial charge in [0.1, 0.15) is 0 Å². The minimum absolute atomic E-state index is 0.0613. The summed E-state index contributed by atoms with van der Waals surface area (Å²) in [7, 11) is 0. The summed E-state index contributed by atoms with van der Waals surface area (Å²) < 4.78 is 5.37. The number of aromatic hydroxyl groups is 1. The lowest BCUT2D eigenvalue weighted by molar-refractivity contribution is 0.282. The minimum Gasteiger partial charge on any atom is -0.504 e. The van der Waals surface area contributed by atoms with Crippen molar-refractivity contribution in [2.45, 2.75) is 26.6 Å². The Morgan fingerprint density at radius 2 is 1.71 bits per heavy atom. The molecule has 4 heteroatoms. The lowest BCUT2D eigenvalue weighted by Gasteiger charge is -2.11. The molecule has 4 nitrogen and oxygen atoms in total. The maximum Gasteiger partial charge on any atom is 0.162 e. The van der Waals surface area contributed by atoms with Gasteiger partial charge in [-0.2, -0.15) is 0 Å². The molecule has 112 valence electrons. The first-order chi connectivity index (χ1) is 10.2. The Bertz CT molecular complexity index is 567. The lowest BCUT2D eigenvalue weighted by atomic mass is 10.1.